The van der Waals surface area contributed by atoms with E-state index in [4.69, 9.17) is 52.5 Å². The van der Waals surface area contributed by atoms with Crippen molar-refractivity contribution >= 4 is 46.8 Å². The fraction of sp³-hybridized carbons (Fsp3) is 0.432. The monoisotopic (exact) mass is 869 g/mol. The van der Waals surface area contributed by atoms with Crippen LogP contribution in [0.15, 0.2) is 54.9 Å². The highest BCUT2D eigenvalue weighted by atomic mass is 35.5. The number of hydrogen-bond donors (Lipinski definition) is 1. The second-order valence-corrected chi connectivity index (χ2v) is 17.8. The lowest BCUT2D eigenvalue weighted by atomic mass is 9.79. The van der Waals surface area contributed by atoms with E-state index in [0.717, 1.165) is 13.1 Å². The van der Waals surface area contributed by atoms with Gasteiger partial charge in [-0.1, -0.05) is 41.4 Å². The van der Waals surface area contributed by atoms with Crippen LogP contribution in [-0.4, -0.2) is 116 Å². The number of rotatable bonds is 10. The highest BCUT2D eigenvalue weighted by Crippen LogP contribution is 2.43. The molecular weight excluding hydrogens is 821 g/mol. The molecule has 1 N–H and O–H groups in total. The van der Waals surface area contributed by atoms with Crippen molar-refractivity contribution in [3.05, 3.63) is 76.3 Å². The van der Waals surface area contributed by atoms with E-state index < -0.39 is 11.7 Å². The molecule has 3 fully saturated rings. The van der Waals surface area contributed by atoms with Crippen molar-refractivity contribution in [2.75, 3.05) is 46.9 Å². The minimum atomic E-state index is -0.694. The van der Waals surface area contributed by atoms with Gasteiger partial charge in [0.1, 0.15) is 5.60 Å². The summed E-state index contributed by atoms with van der Waals surface area (Å²) < 4.78 is 19.1. The van der Waals surface area contributed by atoms with Gasteiger partial charge in [0.15, 0.2) is 17.2 Å². The third-order valence-corrected chi connectivity index (χ3v) is 12.3. The van der Waals surface area contributed by atoms with Gasteiger partial charge < -0.3 is 29.3 Å². The quantitative estimate of drug-likeness (QED) is 0.156. The first-order chi connectivity index (χ1) is 29.1. The van der Waals surface area contributed by atoms with E-state index in [0.29, 0.717) is 118 Å². The second-order valence-electron chi connectivity index (χ2n) is 17.1. The minimum Gasteiger partial charge on any atom is -0.493 e. The van der Waals surface area contributed by atoms with Gasteiger partial charge in [0.2, 0.25) is 17.7 Å². The van der Waals surface area contributed by atoms with Crippen molar-refractivity contribution in [3.8, 4) is 45.3 Å². The lowest BCUT2D eigenvalue weighted by molar-refractivity contribution is -0.130. The van der Waals surface area contributed by atoms with Gasteiger partial charge in [-0.15, -0.1) is 5.10 Å². The lowest BCUT2D eigenvalue weighted by Gasteiger charge is -2.46. The minimum absolute atomic E-state index is 0.00937. The second kappa shape index (κ2) is 16.7. The number of fused-ring (bicyclic) bond motifs is 1. The van der Waals surface area contributed by atoms with Crippen LogP contribution < -0.4 is 14.8 Å². The van der Waals surface area contributed by atoms with Crippen molar-refractivity contribution in [1.29, 1.82) is 0 Å². The van der Waals surface area contributed by atoms with Gasteiger partial charge in [0.05, 0.1) is 48.7 Å². The molecule has 61 heavy (non-hydrogen) atoms. The Morgan fingerprint density at radius 2 is 1.72 bits per heavy atom. The molecule has 15 nitrogen and oxygen atoms in total. The Kier molecular flexibility index (Phi) is 11.6. The number of amides is 3. The molecule has 320 valence electrons. The van der Waals surface area contributed by atoms with Crippen molar-refractivity contribution in [1.82, 2.24) is 44.6 Å². The number of halogens is 2. The average Bonchev–Trinajstić information content (AvgIpc) is 3.82. The van der Waals surface area contributed by atoms with Crippen LogP contribution in [-0.2, 0) is 27.4 Å². The Morgan fingerprint density at radius 3 is 2.39 bits per heavy atom. The van der Waals surface area contributed by atoms with Gasteiger partial charge in [0.25, 0.3) is 0 Å². The fourth-order valence-electron chi connectivity index (χ4n) is 8.58. The van der Waals surface area contributed by atoms with E-state index >= 15 is 0 Å². The van der Waals surface area contributed by atoms with Crippen LogP contribution in [0.4, 0.5) is 4.79 Å². The van der Waals surface area contributed by atoms with Crippen molar-refractivity contribution in [2.24, 2.45) is 5.41 Å². The zero-order chi connectivity index (χ0) is 43.2. The van der Waals surface area contributed by atoms with Gasteiger partial charge in [-0.2, -0.15) is 0 Å². The molecule has 0 radical (unpaired) electrons. The predicted octanol–water partition coefficient (Wildman–Crippen LogP) is 6.91. The number of nitrogens with one attached hydrogen (secondary N) is 1. The van der Waals surface area contributed by atoms with Crippen LogP contribution in [0.25, 0.3) is 39.3 Å². The standard InChI is InChI=1S/C44H49Cl2N9O6/c1-26(56)53-16-13-29(14-17-53)54(42(58)61-43(2,3)4)20-27-10-11-33(49-41(27)60-6)32-9-7-8-30(37(32)45)31-12-15-47-39(38(31)46)28-18-34(59-5)40-50-35(51-55(40)21-28)22-52-24-44(25-52)19-36(57)48-23-44/h7-12,15,18,21,29H,13-14,16-17,19-20,22-25H2,1-6H3,(H,48,57). The van der Waals surface area contributed by atoms with Crippen LogP contribution >= 0.6 is 23.2 Å². The molecule has 1 aromatic carbocycles. The Balaban J connectivity index is 1.05. The van der Waals surface area contributed by atoms with Crippen molar-refractivity contribution < 1.29 is 28.6 Å². The number of aromatic nitrogens is 5. The summed E-state index contributed by atoms with van der Waals surface area (Å²) in [6.45, 7) is 11.3. The zero-order valence-corrected chi connectivity index (χ0v) is 36.6. The van der Waals surface area contributed by atoms with Crippen LogP contribution in [0, 0.1) is 5.41 Å². The molecule has 0 bridgehead atoms. The topological polar surface area (TPSA) is 157 Å². The first-order valence-electron chi connectivity index (χ1n) is 20.3. The van der Waals surface area contributed by atoms with Crippen LogP contribution in [0.2, 0.25) is 10.0 Å². The van der Waals surface area contributed by atoms with Crippen molar-refractivity contribution in [2.45, 2.75) is 71.7 Å². The largest absolute Gasteiger partial charge is 0.493 e. The summed E-state index contributed by atoms with van der Waals surface area (Å²) in [4.78, 5) is 57.5. The summed E-state index contributed by atoms with van der Waals surface area (Å²) in [6.07, 6.45) is 4.89. The zero-order valence-electron chi connectivity index (χ0n) is 35.1. The summed E-state index contributed by atoms with van der Waals surface area (Å²) in [6, 6.07) is 12.9. The molecule has 3 aliphatic rings. The summed E-state index contributed by atoms with van der Waals surface area (Å²) in [5, 5.41) is 8.53. The van der Waals surface area contributed by atoms with E-state index in [1.165, 1.54) is 0 Å². The normalized spacial score (nSPS) is 16.7. The maximum absolute atomic E-state index is 13.6. The maximum Gasteiger partial charge on any atom is 0.410 e. The van der Waals surface area contributed by atoms with Gasteiger partial charge in [-0.05, 0) is 57.9 Å². The number of carbonyl (C=O) groups is 3. The number of nitrogens with zero attached hydrogens (tertiary/aromatic N) is 8. The smallest absolute Gasteiger partial charge is 0.410 e. The molecule has 0 atom stereocenters. The molecule has 0 unspecified atom stereocenters. The number of pyridine rings is 3. The lowest BCUT2D eigenvalue weighted by Crippen LogP contribution is -2.56. The van der Waals surface area contributed by atoms with Gasteiger partial charge in [-0.25, -0.2) is 19.3 Å². The average molecular weight is 871 g/mol. The van der Waals surface area contributed by atoms with E-state index in [1.54, 1.807) is 41.7 Å². The number of ether oxygens (including phenoxy) is 3. The molecule has 0 saturated carbocycles. The van der Waals surface area contributed by atoms with E-state index in [-0.39, 0.29) is 29.8 Å². The molecule has 7 heterocycles. The number of likely N-dealkylation sites (tertiary alicyclic amines) is 2. The van der Waals surface area contributed by atoms with E-state index in [1.807, 2.05) is 69.4 Å². The van der Waals surface area contributed by atoms with Gasteiger partial charge in [0, 0.05) is 97.7 Å². The molecular formula is C44H49Cl2N9O6. The van der Waals surface area contributed by atoms with Crippen LogP contribution in [0.1, 0.15) is 58.3 Å². The highest BCUT2D eigenvalue weighted by Gasteiger charge is 2.48. The number of carbonyl (C=O) groups excluding carboxylic acids is 3. The van der Waals surface area contributed by atoms with E-state index in [9.17, 15) is 14.4 Å². The maximum atomic E-state index is 13.6. The summed E-state index contributed by atoms with van der Waals surface area (Å²) >= 11 is 14.4. The summed E-state index contributed by atoms with van der Waals surface area (Å²) in [5.41, 5.74) is 4.31. The Bertz CT molecular complexity index is 2510. The number of hydrogen-bond acceptors (Lipinski definition) is 11. The predicted molar refractivity (Wildman–Crippen MR) is 230 cm³/mol. The molecule has 0 aliphatic carbocycles. The van der Waals surface area contributed by atoms with E-state index in [2.05, 4.69) is 15.2 Å². The van der Waals surface area contributed by atoms with Crippen LogP contribution in [0.3, 0.4) is 0 Å². The number of piperidine rings is 1. The summed E-state index contributed by atoms with van der Waals surface area (Å²) in [5.74, 6) is 1.63. The Hall–Kier alpha value is -5.51. The third kappa shape index (κ3) is 8.68. The molecule has 3 amide bonds. The molecule has 17 heteroatoms. The number of benzene rings is 1. The van der Waals surface area contributed by atoms with Crippen LogP contribution in [0.5, 0.6) is 11.6 Å². The molecule has 4 aromatic heterocycles. The first-order valence-corrected chi connectivity index (χ1v) is 21.1. The highest BCUT2D eigenvalue weighted by molar-refractivity contribution is 6.39. The van der Waals surface area contributed by atoms with Gasteiger partial charge >= 0.3 is 6.09 Å². The Morgan fingerprint density at radius 1 is 0.984 bits per heavy atom. The molecule has 5 aromatic rings. The summed E-state index contributed by atoms with van der Waals surface area (Å²) in [7, 11) is 3.13. The molecule has 1 spiro atoms. The third-order valence-electron chi connectivity index (χ3n) is 11.5. The van der Waals surface area contributed by atoms with Gasteiger partial charge in [-0.3, -0.25) is 19.5 Å². The number of methoxy groups -OCH3 is 2. The molecule has 3 saturated heterocycles. The molecule has 8 rings (SSSR count). The first kappa shape index (κ1) is 42.2. The molecule has 3 aliphatic heterocycles. The Labute approximate surface area is 364 Å². The fourth-order valence-corrected chi connectivity index (χ4v) is 9.23. The van der Waals surface area contributed by atoms with Crippen molar-refractivity contribution in [3.63, 3.8) is 0 Å². The SMILES string of the molecule is COc1nc(-c2cccc(-c3ccnc(-c4cc(OC)c5nc(CN6CC7(CNC(=O)C7)C6)nn5c4)c3Cl)c2Cl)ccc1CN(C(=O)OC(C)(C)C)C1CCN(C(C)=O)CC1.